The molecular weight excluding hydrogens is 450 g/mol. The van der Waals surface area contributed by atoms with E-state index >= 15 is 0 Å². The molecule has 0 bridgehead atoms. The number of carbonyl (C=O) groups excluding carboxylic acids is 2. The summed E-state index contributed by atoms with van der Waals surface area (Å²) in [5.74, 6) is -0.569. The maximum Gasteiger partial charge on any atom is 0.257 e. The van der Waals surface area contributed by atoms with Gasteiger partial charge in [-0.15, -0.1) is 0 Å². The van der Waals surface area contributed by atoms with Gasteiger partial charge in [-0.1, -0.05) is 58.4 Å². The van der Waals surface area contributed by atoms with Crippen LogP contribution in [0.25, 0.3) is 0 Å². The molecule has 3 N–H and O–H groups in total. The van der Waals surface area contributed by atoms with E-state index in [9.17, 15) is 9.59 Å². The molecule has 146 valence electrons. The van der Waals surface area contributed by atoms with E-state index in [4.69, 9.17) is 12.2 Å². The Hall–Kier alpha value is -3.03. The first-order valence-corrected chi connectivity index (χ1v) is 10.0. The number of rotatable bonds is 5. The first-order valence-electron chi connectivity index (χ1n) is 8.82. The van der Waals surface area contributed by atoms with Gasteiger partial charge in [0.15, 0.2) is 5.11 Å². The molecule has 0 saturated carbocycles. The zero-order valence-corrected chi connectivity index (χ0v) is 17.7. The molecule has 0 saturated heterocycles. The molecule has 0 unspecified atom stereocenters. The van der Waals surface area contributed by atoms with Crippen molar-refractivity contribution < 1.29 is 9.59 Å². The van der Waals surface area contributed by atoms with Crippen LogP contribution in [0, 0.1) is 0 Å². The Balaban J connectivity index is 1.63. The maximum absolute atomic E-state index is 12.6. The minimum atomic E-state index is -0.332. The average molecular weight is 468 g/mol. The minimum absolute atomic E-state index is 0.112. The third-order valence-electron chi connectivity index (χ3n) is 4.05. The van der Waals surface area contributed by atoms with E-state index in [0.29, 0.717) is 23.4 Å². The lowest BCUT2D eigenvalue weighted by Crippen LogP contribution is -2.35. The van der Waals surface area contributed by atoms with E-state index in [2.05, 4.69) is 31.9 Å². The second kappa shape index (κ2) is 9.95. The smallest absolute Gasteiger partial charge is 0.257 e. The fraction of sp³-hybridized carbons (Fsp3) is 0.0455. The zero-order valence-electron chi connectivity index (χ0n) is 15.3. The molecule has 0 fully saturated rings. The molecule has 7 heteroatoms. The molecule has 0 aliphatic carbocycles. The van der Waals surface area contributed by atoms with Crippen LogP contribution >= 0.6 is 28.1 Å². The maximum atomic E-state index is 12.6. The highest BCUT2D eigenvalue weighted by Crippen LogP contribution is 2.15. The molecule has 0 aromatic heterocycles. The molecule has 0 radical (unpaired) electrons. The lowest BCUT2D eigenvalue weighted by Gasteiger charge is -2.14. The summed E-state index contributed by atoms with van der Waals surface area (Å²) >= 11 is 8.57. The molecule has 29 heavy (non-hydrogen) atoms. The van der Waals surface area contributed by atoms with Crippen molar-refractivity contribution in [2.45, 2.75) is 6.54 Å². The van der Waals surface area contributed by atoms with Crippen molar-refractivity contribution in [1.29, 1.82) is 0 Å². The predicted molar refractivity (Wildman–Crippen MR) is 122 cm³/mol. The molecule has 0 aliphatic heterocycles. The number of thiocarbonyl (C=S) groups is 1. The minimum Gasteiger partial charge on any atom is -0.348 e. The Labute approximate surface area is 182 Å². The molecule has 5 nitrogen and oxygen atoms in total. The SMILES string of the molecule is O=C(NC(=S)Nc1ccccc1C(=O)NCc1ccccc1)c1ccc(Br)cc1. The van der Waals surface area contributed by atoms with Gasteiger partial charge in [0.25, 0.3) is 11.8 Å². The van der Waals surface area contributed by atoms with Crippen molar-refractivity contribution in [3.05, 3.63) is 100 Å². The Morgan fingerprint density at radius 3 is 2.21 bits per heavy atom. The highest BCUT2D eigenvalue weighted by molar-refractivity contribution is 9.10. The summed E-state index contributed by atoms with van der Waals surface area (Å²) in [4.78, 5) is 24.9. The van der Waals surface area contributed by atoms with Crippen LogP contribution in [0.15, 0.2) is 83.3 Å². The third-order valence-corrected chi connectivity index (χ3v) is 4.78. The summed E-state index contributed by atoms with van der Waals surface area (Å²) in [6, 6.07) is 23.6. The first-order chi connectivity index (χ1) is 14.0. The number of amides is 2. The second-order valence-corrected chi connectivity index (χ2v) is 7.45. The summed E-state index contributed by atoms with van der Waals surface area (Å²) in [7, 11) is 0. The van der Waals surface area contributed by atoms with E-state index in [-0.39, 0.29) is 16.9 Å². The normalized spacial score (nSPS) is 10.1. The fourth-order valence-corrected chi connectivity index (χ4v) is 3.06. The second-order valence-electron chi connectivity index (χ2n) is 6.13. The van der Waals surface area contributed by atoms with E-state index in [1.165, 1.54) is 0 Å². The van der Waals surface area contributed by atoms with Crippen molar-refractivity contribution in [3.63, 3.8) is 0 Å². The van der Waals surface area contributed by atoms with Gasteiger partial charge in [-0.05, 0) is 54.2 Å². The standard InChI is InChI=1S/C22H18BrN3O2S/c23-17-12-10-16(11-13-17)20(27)26-22(29)25-19-9-5-4-8-18(19)21(28)24-14-15-6-2-1-3-7-15/h1-13H,14H2,(H,24,28)(H2,25,26,27,29). The summed E-state index contributed by atoms with van der Waals surface area (Å²) in [6.45, 7) is 0.415. The van der Waals surface area contributed by atoms with Crippen molar-refractivity contribution >= 4 is 50.8 Å². The van der Waals surface area contributed by atoms with Crippen LogP contribution in [0.3, 0.4) is 0 Å². The summed E-state index contributed by atoms with van der Waals surface area (Å²) in [6.07, 6.45) is 0. The highest BCUT2D eigenvalue weighted by atomic mass is 79.9. The molecule has 3 aromatic carbocycles. The Morgan fingerprint density at radius 2 is 1.48 bits per heavy atom. The molecule has 0 heterocycles. The van der Waals surface area contributed by atoms with Crippen LogP contribution < -0.4 is 16.0 Å². The van der Waals surface area contributed by atoms with Crippen LogP contribution in [-0.2, 0) is 6.54 Å². The molecule has 3 aromatic rings. The van der Waals surface area contributed by atoms with Crippen LogP contribution in [0.4, 0.5) is 5.69 Å². The number of benzene rings is 3. The largest absolute Gasteiger partial charge is 0.348 e. The molecule has 3 rings (SSSR count). The monoisotopic (exact) mass is 467 g/mol. The van der Waals surface area contributed by atoms with Gasteiger partial charge in [-0.25, -0.2) is 0 Å². The van der Waals surface area contributed by atoms with Gasteiger partial charge in [-0.3, -0.25) is 14.9 Å². The Bertz CT molecular complexity index is 1020. The number of hydrogen-bond acceptors (Lipinski definition) is 3. The Kier molecular flexibility index (Phi) is 7.10. The van der Waals surface area contributed by atoms with Gasteiger partial charge in [0.2, 0.25) is 0 Å². The number of carbonyl (C=O) groups is 2. The van der Waals surface area contributed by atoms with Crippen LogP contribution in [0.2, 0.25) is 0 Å². The quantitative estimate of drug-likeness (QED) is 0.482. The summed E-state index contributed by atoms with van der Waals surface area (Å²) in [5, 5.41) is 8.55. The van der Waals surface area contributed by atoms with Gasteiger partial charge in [-0.2, -0.15) is 0 Å². The van der Waals surface area contributed by atoms with Crippen molar-refractivity contribution in [3.8, 4) is 0 Å². The van der Waals surface area contributed by atoms with Gasteiger partial charge >= 0.3 is 0 Å². The van der Waals surface area contributed by atoms with Gasteiger partial charge in [0.1, 0.15) is 0 Å². The van der Waals surface area contributed by atoms with Gasteiger partial charge in [0, 0.05) is 16.6 Å². The van der Waals surface area contributed by atoms with Crippen LogP contribution in [0.5, 0.6) is 0 Å². The van der Waals surface area contributed by atoms with Gasteiger partial charge in [0.05, 0.1) is 11.3 Å². The van der Waals surface area contributed by atoms with E-state index in [1.807, 2.05) is 30.3 Å². The first kappa shape index (κ1) is 20.7. The van der Waals surface area contributed by atoms with E-state index < -0.39 is 0 Å². The number of para-hydroxylation sites is 1. The highest BCUT2D eigenvalue weighted by Gasteiger charge is 2.13. The van der Waals surface area contributed by atoms with Crippen LogP contribution in [0.1, 0.15) is 26.3 Å². The van der Waals surface area contributed by atoms with Crippen molar-refractivity contribution in [1.82, 2.24) is 10.6 Å². The number of nitrogens with one attached hydrogen (secondary N) is 3. The van der Waals surface area contributed by atoms with E-state index in [1.54, 1.807) is 48.5 Å². The number of halogens is 1. The number of anilines is 1. The molecular formula is C22H18BrN3O2S. The zero-order chi connectivity index (χ0) is 20.6. The van der Waals surface area contributed by atoms with E-state index in [0.717, 1.165) is 10.0 Å². The lowest BCUT2D eigenvalue weighted by atomic mass is 10.1. The fourth-order valence-electron chi connectivity index (χ4n) is 2.59. The Morgan fingerprint density at radius 1 is 0.828 bits per heavy atom. The molecule has 0 aliphatic rings. The molecule has 0 atom stereocenters. The molecule has 0 spiro atoms. The topological polar surface area (TPSA) is 70.2 Å². The summed E-state index contributed by atoms with van der Waals surface area (Å²) < 4.78 is 0.880. The average Bonchev–Trinajstić information content (AvgIpc) is 2.73. The van der Waals surface area contributed by atoms with Crippen LogP contribution in [-0.4, -0.2) is 16.9 Å². The number of hydrogen-bond donors (Lipinski definition) is 3. The lowest BCUT2D eigenvalue weighted by molar-refractivity contribution is 0.0950. The van der Waals surface area contributed by atoms with Gasteiger partial charge < -0.3 is 10.6 Å². The van der Waals surface area contributed by atoms with Crippen molar-refractivity contribution in [2.75, 3.05) is 5.32 Å². The summed E-state index contributed by atoms with van der Waals surface area (Å²) in [5.41, 5.74) is 2.43. The molecule has 2 amide bonds. The van der Waals surface area contributed by atoms with Crippen molar-refractivity contribution in [2.24, 2.45) is 0 Å². The predicted octanol–water partition coefficient (Wildman–Crippen LogP) is 4.51. The third kappa shape index (κ3) is 5.97.